The number of H-pyrrole nitrogens is 1. The summed E-state index contributed by atoms with van der Waals surface area (Å²) in [6.45, 7) is 0.0833. The van der Waals surface area contributed by atoms with Gasteiger partial charge in [-0.1, -0.05) is 18.2 Å². The lowest BCUT2D eigenvalue weighted by Crippen LogP contribution is -2.32. The van der Waals surface area contributed by atoms with E-state index in [0.717, 1.165) is 0 Å². The van der Waals surface area contributed by atoms with Crippen molar-refractivity contribution < 1.29 is 24.6 Å². The average molecular weight is 290 g/mol. The third-order valence-corrected chi connectivity index (χ3v) is 2.97. The minimum absolute atomic E-state index is 0.0821. The summed E-state index contributed by atoms with van der Waals surface area (Å²) in [5, 5.41) is 21.0. The molecule has 0 atom stereocenters. The molecule has 0 fully saturated rings. The Morgan fingerprint density at radius 3 is 2.62 bits per heavy atom. The van der Waals surface area contributed by atoms with Crippen molar-refractivity contribution in [3.05, 3.63) is 29.8 Å². The van der Waals surface area contributed by atoms with Gasteiger partial charge in [0.25, 0.3) is 11.7 Å². The molecule has 1 heterocycles. The Bertz CT molecular complexity index is 704. The Labute approximate surface area is 119 Å². The molecule has 0 aliphatic heterocycles. The number of carboxylic acids is 1. The first-order chi connectivity index (χ1) is 10.0. The zero-order valence-corrected chi connectivity index (χ0v) is 11.0. The summed E-state index contributed by atoms with van der Waals surface area (Å²) in [5.74, 6) is -3.06. The highest BCUT2D eigenvalue weighted by atomic mass is 16.4. The van der Waals surface area contributed by atoms with Crippen LogP contribution in [0.1, 0.15) is 23.2 Å². The van der Waals surface area contributed by atoms with Gasteiger partial charge in [-0.05, 0) is 12.5 Å². The minimum atomic E-state index is -0.968. The number of carbonyl (C=O) groups excluding carboxylic acids is 2. The molecular weight excluding hydrogens is 276 g/mol. The number of carbonyl (C=O) groups is 3. The number of benzene rings is 1. The van der Waals surface area contributed by atoms with Crippen LogP contribution < -0.4 is 5.32 Å². The number of rotatable bonds is 6. The summed E-state index contributed by atoms with van der Waals surface area (Å²) < 4.78 is 0. The molecular formula is C14H14N2O5. The van der Waals surface area contributed by atoms with Crippen molar-refractivity contribution in [2.75, 3.05) is 6.54 Å². The molecule has 0 unspecified atom stereocenters. The average Bonchev–Trinajstić information content (AvgIpc) is 2.78. The lowest BCUT2D eigenvalue weighted by atomic mass is 10.1. The van der Waals surface area contributed by atoms with Gasteiger partial charge in [0.15, 0.2) is 0 Å². The number of aliphatic carboxylic acids is 1. The van der Waals surface area contributed by atoms with E-state index < -0.39 is 17.7 Å². The minimum Gasteiger partial charge on any atom is -0.494 e. The highest BCUT2D eigenvalue weighted by Gasteiger charge is 2.23. The highest BCUT2D eigenvalue weighted by Crippen LogP contribution is 2.27. The van der Waals surface area contributed by atoms with E-state index in [1.165, 1.54) is 0 Å². The van der Waals surface area contributed by atoms with Crippen LogP contribution in [0.5, 0.6) is 5.88 Å². The van der Waals surface area contributed by atoms with Crippen LogP contribution in [0.4, 0.5) is 0 Å². The molecule has 2 rings (SSSR count). The van der Waals surface area contributed by atoms with E-state index in [-0.39, 0.29) is 30.8 Å². The zero-order chi connectivity index (χ0) is 15.4. The predicted molar refractivity (Wildman–Crippen MR) is 74.2 cm³/mol. The van der Waals surface area contributed by atoms with Gasteiger partial charge in [0, 0.05) is 23.9 Å². The van der Waals surface area contributed by atoms with Crippen molar-refractivity contribution in [2.45, 2.75) is 12.8 Å². The van der Waals surface area contributed by atoms with Crippen molar-refractivity contribution in [1.29, 1.82) is 0 Å². The van der Waals surface area contributed by atoms with Crippen LogP contribution in [0, 0.1) is 0 Å². The van der Waals surface area contributed by atoms with E-state index in [9.17, 15) is 19.5 Å². The molecule has 21 heavy (non-hydrogen) atoms. The predicted octanol–water partition coefficient (Wildman–Crippen LogP) is 1.04. The number of ketones is 1. The number of Topliss-reactive ketones (excluding diaryl/α,β-unsaturated/α-hetero) is 1. The number of aromatic hydroxyl groups is 1. The van der Waals surface area contributed by atoms with E-state index in [2.05, 4.69) is 10.3 Å². The van der Waals surface area contributed by atoms with Crippen LogP contribution in [-0.4, -0.2) is 39.4 Å². The van der Waals surface area contributed by atoms with E-state index in [1.54, 1.807) is 24.3 Å². The number of amides is 1. The number of para-hydroxylation sites is 1. The van der Waals surface area contributed by atoms with Crippen LogP contribution in [-0.2, 0) is 9.59 Å². The van der Waals surface area contributed by atoms with Crippen molar-refractivity contribution in [2.24, 2.45) is 0 Å². The third-order valence-electron chi connectivity index (χ3n) is 2.97. The maximum atomic E-state index is 12.1. The largest absolute Gasteiger partial charge is 0.494 e. The number of aromatic nitrogens is 1. The molecule has 0 aliphatic carbocycles. The number of hydrogen-bond donors (Lipinski definition) is 4. The van der Waals surface area contributed by atoms with Gasteiger partial charge in [0.2, 0.25) is 5.88 Å². The summed E-state index contributed by atoms with van der Waals surface area (Å²) in [5.41, 5.74) is 0.471. The molecule has 2 aromatic rings. The number of carboxylic acid groups (broad SMARTS) is 1. The maximum absolute atomic E-state index is 12.1. The molecule has 1 aromatic heterocycles. The number of hydrogen-bond acceptors (Lipinski definition) is 4. The van der Waals surface area contributed by atoms with Gasteiger partial charge in [-0.3, -0.25) is 14.4 Å². The Kier molecular flexibility index (Phi) is 4.22. The molecule has 0 aliphatic rings. The molecule has 0 bridgehead atoms. The standard InChI is InChI=1S/C14H14N2O5/c17-10(18)6-3-7-15-14(21)12(19)11-8-4-1-2-5-9(8)16-13(11)20/h1-2,4-5,16,20H,3,6-7H2,(H,15,21)(H,17,18). The van der Waals surface area contributed by atoms with E-state index in [0.29, 0.717) is 10.9 Å². The van der Waals surface area contributed by atoms with E-state index in [4.69, 9.17) is 5.11 Å². The van der Waals surface area contributed by atoms with E-state index >= 15 is 0 Å². The SMILES string of the molecule is O=C(O)CCCNC(=O)C(=O)c1c(O)[nH]c2ccccc12. The summed E-state index contributed by atoms with van der Waals surface area (Å²) in [6, 6.07) is 6.72. The fourth-order valence-electron chi connectivity index (χ4n) is 1.99. The first-order valence-electron chi connectivity index (χ1n) is 6.34. The number of aromatic amines is 1. The zero-order valence-electron chi connectivity index (χ0n) is 11.0. The fraction of sp³-hybridized carbons (Fsp3) is 0.214. The van der Waals surface area contributed by atoms with Crippen LogP contribution in [0.15, 0.2) is 24.3 Å². The van der Waals surface area contributed by atoms with Crippen molar-refractivity contribution in [1.82, 2.24) is 10.3 Å². The summed E-state index contributed by atoms with van der Waals surface area (Å²) >= 11 is 0. The normalized spacial score (nSPS) is 10.5. The molecule has 110 valence electrons. The Balaban J connectivity index is 2.09. The Morgan fingerprint density at radius 1 is 1.19 bits per heavy atom. The highest BCUT2D eigenvalue weighted by molar-refractivity contribution is 6.45. The third kappa shape index (κ3) is 3.19. The van der Waals surface area contributed by atoms with Crippen molar-refractivity contribution in [3.8, 4) is 5.88 Å². The molecule has 7 heteroatoms. The van der Waals surface area contributed by atoms with Crippen molar-refractivity contribution >= 4 is 28.6 Å². The van der Waals surface area contributed by atoms with E-state index in [1.807, 2.05) is 0 Å². The van der Waals surface area contributed by atoms with Gasteiger partial charge < -0.3 is 20.5 Å². The summed E-state index contributed by atoms with van der Waals surface area (Å²) in [4.78, 5) is 36.8. The van der Waals surface area contributed by atoms with Gasteiger partial charge in [-0.25, -0.2) is 0 Å². The van der Waals surface area contributed by atoms with Gasteiger partial charge in [-0.15, -0.1) is 0 Å². The van der Waals surface area contributed by atoms with Gasteiger partial charge >= 0.3 is 5.97 Å². The lowest BCUT2D eigenvalue weighted by Gasteiger charge is -2.03. The van der Waals surface area contributed by atoms with Crippen molar-refractivity contribution in [3.63, 3.8) is 0 Å². The second kappa shape index (κ2) is 6.08. The van der Waals surface area contributed by atoms with Crippen LogP contribution in [0.2, 0.25) is 0 Å². The topological polar surface area (TPSA) is 119 Å². The van der Waals surface area contributed by atoms with Crippen LogP contribution in [0.3, 0.4) is 0 Å². The molecule has 0 saturated carbocycles. The molecule has 4 N–H and O–H groups in total. The van der Waals surface area contributed by atoms with Crippen LogP contribution in [0.25, 0.3) is 10.9 Å². The molecule has 0 radical (unpaired) electrons. The second-order valence-electron chi connectivity index (χ2n) is 4.48. The maximum Gasteiger partial charge on any atom is 0.303 e. The van der Waals surface area contributed by atoms with Gasteiger partial charge in [-0.2, -0.15) is 0 Å². The first kappa shape index (κ1) is 14.6. The molecule has 7 nitrogen and oxygen atoms in total. The summed E-state index contributed by atoms with van der Waals surface area (Å²) in [7, 11) is 0. The number of nitrogens with one attached hydrogen (secondary N) is 2. The molecule has 0 spiro atoms. The quantitative estimate of drug-likeness (QED) is 0.360. The Hall–Kier alpha value is -2.83. The molecule has 0 saturated heterocycles. The first-order valence-corrected chi connectivity index (χ1v) is 6.34. The number of fused-ring (bicyclic) bond motifs is 1. The van der Waals surface area contributed by atoms with Crippen LogP contribution >= 0.6 is 0 Å². The smallest absolute Gasteiger partial charge is 0.303 e. The molecule has 1 aromatic carbocycles. The Morgan fingerprint density at radius 2 is 1.90 bits per heavy atom. The van der Waals surface area contributed by atoms with Gasteiger partial charge in [0.05, 0.1) is 5.56 Å². The van der Waals surface area contributed by atoms with Gasteiger partial charge in [0.1, 0.15) is 0 Å². The monoisotopic (exact) mass is 290 g/mol. The second-order valence-corrected chi connectivity index (χ2v) is 4.48. The lowest BCUT2D eigenvalue weighted by molar-refractivity contribution is -0.137. The fourth-order valence-corrected chi connectivity index (χ4v) is 1.99. The molecule has 1 amide bonds. The summed E-state index contributed by atoms with van der Waals surface area (Å²) in [6.07, 6.45) is 0.140.